The minimum atomic E-state index is -0.626. The van der Waals surface area contributed by atoms with Crippen LogP contribution in [0.1, 0.15) is 9.67 Å². The number of carbonyl (C=O) groups excluding carboxylic acids is 1. The molecule has 0 saturated heterocycles. The maximum atomic E-state index is 11.8. The standard InChI is InChI=1S/C9H8N2O3S2.Na/c1-14-8(13)7-6(12)5-4(16-7)3-10-9(11-5)15-2;/h3,12H,1-2H3;/q;+1/p-1. The minimum absolute atomic E-state index is 0. The molecule has 0 saturated carbocycles. The van der Waals surface area contributed by atoms with Crippen LogP contribution in [-0.4, -0.2) is 29.3 Å². The van der Waals surface area contributed by atoms with E-state index < -0.39 is 5.97 Å². The van der Waals surface area contributed by atoms with Crippen molar-refractivity contribution < 1.29 is 44.2 Å². The zero-order valence-corrected chi connectivity index (χ0v) is 13.1. The quantitative estimate of drug-likeness (QED) is 0.281. The van der Waals surface area contributed by atoms with Crippen molar-refractivity contribution in [1.82, 2.24) is 9.97 Å². The number of ether oxygens (including phenoxy) is 1. The number of fused-ring (bicyclic) bond motifs is 1. The summed E-state index contributed by atoms with van der Waals surface area (Å²) >= 11 is 2.40. The van der Waals surface area contributed by atoms with Crippen LogP contribution in [0.5, 0.6) is 5.75 Å². The third-order valence-corrected chi connectivity index (χ3v) is 3.56. The molecule has 2 aromatic rings. The Hall–Kier alpha value is -0.340. The second-order valence-corrected chi connectivity index (χ2v) is 4.65. The van der Waals surface area contributed by atoms with Crippen LogP contribution in [0.2, 0.25) is 0 Å². The van der Waals surface area contributed by atoms with Gasteiger partial charge in [-0.15, -0.1) is 11.3 Å². The predicted octanol–water partition coefficient (Wildman–Crippen LogP) is -1.72. The van der Waals surface area contributed by atoms with Crippen LogP contribution < -0.4 is 34.7 Å². The summed E-state index contributed by atoms with van der Waals surface area (Å²) in [6.45, 7) is 0. The molecule has 0 fully saturated rings. The number of hydrogen-bond donors (Lipinski definition) is 0. The number of esters is 1. The molecule has 0 aliphatic rings. The number of thiophene rings is 1. The van der Waals surface area contributed by atoms with E-state index in [1.54, 1.807) is 6.20 Å². The van der Waals surface area contributed by atoms with E-state index in [4.69, 9.17) is 0 Å². The van der Waals surface area contributed by atoms with Crippen molar-refractivity contribution in [2.45, 2.75) is 5.16 Å². The monoisotopic (exact) mass is 278 g/mol. The smallest absolute Gasteiger partial charge is 0.870 e. The van der Waals surface area contributed by atoms with E-state index >= 15 is 0 Å². The Morgan fingerprint density at radius 3 is 2.88 bits per heavy atom. The Bertz CT molecular complexity index is 558. The summed E-state index contributed by atoms with van der Waals surface area (Å²) in [5.74, 6) is -1.01. The molecule has 2 rings (SSSR count). The van der Waals surface area contributed by atoms with Crippen LogP contribution >= 0.6 is 23.1 Å². The number of nitrogens with zero attached hydrogens (tertiary/aromatic N) is 2. The fourth-order valence-electron chi connectivity index (χ4n) is 1.18. The van der Waals surface area contributed by atoms with E-state index in [1.807, 2.05) is 6.26 Å². The molecule has 2 aromatic heterocycles. The molecule has 17 heavy (non-hydrogen) atoms. The van der Waals surface area contributed by atoms with Gasteiger partial charge in [-0.05, 0) is 6.26 Å². The van der Waals surface area contributed by atoms with Gasteiger partial charge < -0.3 is 9.84 Å². The van der Waals surface area contributed by atoms with Crippen LogP contribution in [0.25, 0.3) is 10.2 Å². The molecule has 8 heteroatoms. The molecule has 0 atom stereocenters. The Labute approximate surface area is 128 Å². The number of thioether (sulfide) groups is 1. The van der Waals surface area contributed by atoms with Gasteiger partial charge in [0.2, 0.25) is 0 Å². The molecule has 0 unspecified atom stereocenters. The van der Waals surface area contributed by atoms with Crippen molar-refractivity contribution in [3.63, 3.8) is 0 Å². The number of methoxy groups -OCH3 is 1. The van der Waals surface area contributed by atoms with Crippen LogP contribution in [0, 0.1) is 0 Å². The first-order valence-electron chi connectivity index (χ1n) is 4.26. The Balaban J connectivity index is 0.00000144. The first-order valence-corrected chi connectivity index (χ1v) is 6.30. The van der Waals surface area contributed by atoms with Gasteiger partial charge in [-0.25, -0.2) is 14.8 Å². The fourth-order valence-corrected chi connectivity index (χ4v) is 2.44. The summed E-state index contributed by atoms with van der Waals surface area (Å²) in [7, 11) is 1.24. The molecule has 0 aromatic carbocycles. The van der Waals surface area contributed by atoms with Gasteiger partial charge in [0.25, 0.3) is 0 Å². The van der Waals surface area contributed by atoms with Crippen molar-refractivity contribution in [3.8, 4) is 5.75 Å². The Kier molecular flexibility index (Phi) is 5.21. The molecule has 2 heterocycles. The molecule has 0 spiro atoms. The van der Waals surface area contributed by atoms with E-state index in [9.17, 15) is 9.90 Å². The minimum Gasteiger partial charge on any atom is -0.870 e. The van der Waals surface area contributed by atoms with Crippen molar-refractivity contribution >= 4 is 39.3 Å². The first kappa shape index (κ1) is 14.7. The predicted molar refractivity (Wildman–Crippen MR) is 60.0 cm³/mol. The molecule has 0 amide bonds. The third-order valence-electron chi connectivity index (χ3n) is 1.92. The Morgan fingerprint density at radius 1 is 1.59 bits per heavy atom. The van der Waals surface area contributed by atoms with Gasteiger partial charge in [0.15, 0.2) is 5.16 Å². The van der Waals surface area contributed by atoms with Crippen LogP contribution in [0.3, 0.4) is 0 Å². The van der Waals surface area contributed by atoms with E-state index in [0.29, 0.717) is 9.86 Å². The summed E-state index contributed by atoms with van der Waals surface area (Å²) in [6, 6.07) is 0. The molecule has 0 aliphatic carbocycles. The number of aromatic nitrogens is 2. The second-order valence-electron chi connectivity index (χ2n) is 2.82. The Morgan fingerprint density at radius 2 is 2.29 bits per heavy atom. The van der Waals surface area contributed by atoms with Crippen molar-refractivity contribution in [1.29, 1.82) is 0 Å². The fraction of sp³-hybridized carbons (Fsp3) is 0.222. The SMILES string of the molecule is COC(=O)c1sc2cnc(SC)nc2c1[O-].[Na+]. The zero-order valence-electron chi connectivity index (χ0n) is 9.51. The normalized spacial score (nSPS) is 10.0. The number of hydrogen-bond acceptors (Lipinski definition) is 7. The summed E-state index contributed by atoms with van der Waals surface area (Å²) in [6.07, 6.45) is 3.37. The maximum Gasteiger partial charge on any atom is 1.00 e. The molecule has 0 N–H and O–H groups in total. The van der Waals surface area contributed by atoms with Gasteiger partial charge in [0.1, 0.15) is 4.88 Å². The van der Waals surface area contributed by atoms with E-state index in [2.05, 4.69) is 14.7 Å². The number of carbonyl (C=O) groups is 1. The topological polar surface area (TPSA) is 75.1 Å². The van der Waals surface area contributed by atoms with E-state index in [0.717, 1.165) is 11.3 Å². The maximum absolute atomic E-state index is 11.8. The molecular weight excluding hydrogens is 271 g/mol. The third kappa shape index (κ3) is 2.74. The largest absolute Gasteiger partial charge is 1.00 e. The van der Waals surface area contributed by atoms with E-state index in [-0.39, 0.29) is 45.7 Å². The summed E-state index contributed by atoms with van der Waals surface area (Å²) in [5.41, 5.74) is 0.282. The van der Waals surface area contributed by atoms with Crippen LogP contribution in [0.4, 0.5) is 0 Å². The van der Waals surface area contributed by atoms with Crippen LogP contribution in [-0.2, 0) is 4.74 Å². The van der Waals surface area contributed by atoms with Gasteiger partial charge in [0.05, 0.1) is 17.3 Å². The van der Waals surface area contributed by atoms with Crippen LogP contribution in [0.15, 0.2) is 11.4 Å². The van der Waals surface area contributed by atoms with E-state index in [1.165, 1.54) is 18.9 Å². The van der Waals surface area contributed by atoms with Gasteiger partial charge in [0, 0.05) is 6.20 Å². The molecule has 0 radical (unpaired) electrons. The second kappa shape index (κ2) is 6.01. The van der Waals surface area contributed by atoms with Crippen molar-refractivity contribution in [2.75, 3.05) is 13.4 Å². The summed E-state index contributed by atoms with van der Waals surface area (Å²) < 4.78 is 5.12. The average molecular weight is 278 g/mol. The molecule has 0 bridgehead atoms. The average Bonchev–Trinajstić information content (AvgIpc) is 2.65. The molecule has 5 nitrogen and oxygen atoms in total. The van der Waals surface area contributed by atoms with Gasteiger partial charge >= 0.3 is 35.5 Å². The van der Waals surface area contributed by atoms with Crippen molar-refractivity contribution in [3.05, 3.63) is 11.1 Å². The first-order chi connectivity index (χ1) is 7.67. The van der Waals surface area contributed by atoms with Gasteiger partial charge in [-0.1, -0.05) is 17.5 Å². The van der Waals surface area contributed by atoms with Gasteiger partial charge in [-0.3, -0.25) is 0 Å². The number of rotatable bonds is 2. The molecule has 0 aliphatic heterocycles. The zero-order chi connectivity index (χ0) is 11.7. The van der Waals surface area contributed by atoms with Gasteiger partial charge in [-0.2, -0.15) is 0 Å². The van der Waals surface area contributed by atoms with Crippen molar-refractivity contribution in [2.24, 2.45) is 0 Å². The molecular formula is C9H7N2NaO3S2. The molecule has 84 valence electrons. The summed E-state index contributed by atoms with van der Waals surface area (Å²) in [4.78, 5) is 19.4. The summed E-state index contributed by atoms with van der Waals surface area (Å²) in [5, 5.41) is 12.3.